The Morgan fingerprint density at radius 1 is 0.421 bits per heavy atom. The average molecular weight is 596 g/mol. The lowest BCUT2D eigenvalue weighted by atomic mass is 9.86. The fraction of sp³-hybridized carbons (Fsp3) is 0.909. The van der Waals surface area contributed by atoms with Gasteiger partial charge in [0.15, 0.2) is 0 Å². The van der Waals surface area contributed by atoms with Crippen molar-refractivity contribution < 1.29 is 70.2 Å². The van der Waals surface area contributed by atoms with Gasteiger partial charge in [0.1, 0.15) is 0 Å². The van der Waals surface area contributed by atoms with E-state index in [0.717, 1.165) is 25.8 Å². The van der Waals surface area contributed by atoms with Crippen LogP contribution in [0.15, 0.2) is 12.2 Å². The molecule has 0 fully saturated rings. The smallest absolute Gasteiger partial charge is 0.200 e. The van der Waals surface area contributed by atoms with Crippen LogP contribution in [0.4, 0.5) is 70.2 Å². The highest BCUT2D eigenvalue weighted by Crippen LogP contribution is 2.64. The van der Waals surface area contributed by atoms with E-state index >= 15 is 0 Å². The molecule has 0 aromatic heterocycles. The maximum atomic E-state index is 13.9. The molecule has 0 saturated carbocycles. The van der Waals surface area contributed by atoms with Crippen molar-refractivity contribution in [3.63, 3.8) is 0 Å². The Morgan fingerprint density at radius 3 is 1.11 bits per heavy atom. The lowest BCUT2D eigenvalue weighted by Crippen LogP contribution is -2.74. The van der Waals surface area contributed by atoms with Crippen molar-refractivity contribution in [2.75, 3.05) is 0 Å². The second kappa shape index (κ2) is 12.4. The van der Waals surface area contributed by atoms with Crippen molar-refractivity contribution in [3.8, 4) is 0 Å². The van der Waals surface area contributed by atoms with Crippen LogP contribution in [-0.2, 0) is 0 Å². The molecule has 0 aliphatic rings. The summed E-state index contributed by atoms with van der Waals surface area (Å²) in [5.41, 5.74) is 0. The molecule has 0 radical (unpaired) electrons. The Bertz CT molecular complexity index is 754. The quantitative estimate of drug-likeness (QED) is 0.0839. The average Bonchev–Trinajstić information content (AvgIpc) is 2.77. The van der Waals surface area contributed by atoms with Gasteiger partial charge in [-0.15, -0.1) is 0 Å². The van der Waals surface area contributed by atoms with Crippen LogP contribution in [0.3, 0.4) is 0 Å². The molecule has 0 nitrogen and oxygen atoms in total. The van der Waals surface area contributed by atoms with Gasteiger partial charge in [-0.3, -0.25) is 0 Å². The lowest BCUT2D eigenvalue weighted by molar-refractivity contribution is -0.453. The molecule has 0 bridgehead atoms. The Balaban J connectivity index is 6.13. The van der Waals surface area contributed by atoms with Gasteiger partial charge in [0.05, 0.1) is 0 Å². The van der Waals surface area contributed by atoms with Gasteiger partial charge < -0.3 is 0 Å². The van der Waals surface area contributed by atoms with Gasteiger partial charge in [-0.05, 0) is 19.8 Å². The molecule has 0 aromatic rings. The summed E-state index contributed by atoms with van der Waals surface area (Å²) in [5, 5.41) is 0. The molecular weight excluding hydrogens is 568 g/mol. The van der Waals surface area contributed by atoms with Crippen LogP contribution in [0, 0.1) is 0 Å². The highest BCUT2D eigenvalue weighted by molar-refractivity contribution is 5.16. The normalized spacial score (nSPS) is 15.5. The number of unbranched alkanes of at least 4 members (excludes halogenated alkanes) is 6. The van der Waals surface area contributed by atoms with Gasteiger partial charge in [0.2, 0.25) is 0 Å². The first-order valence-electron chi connectivity index (χ1n) is 11.5. The molecule has 0 aliphatic heterocycles. The third kappa shape index (κ3) is 6.49. The summed E-state index contributed by atoms with van der Waals surface area (Å²) in [4.78, 5) is 0. The van der Waals surface area contributed by atoms with E-state index in [0.29, 0.717) is 18.9 Å². The highest BCUT2D eigenvalue weighted by atomic mass is 19.4. The topological polar surface area (TPSA) is 0 Å². The van der Waals surface area contributed by atoms with Gasteiger partial charge in [-0.1, -0.05) is 57.6 Å². The number of rotatable bonds is 18. The van der Waals surface area contributed by atoms with E-state index in [1.54, 1.807) is 0 Å². The molecule has 0 aromatic carbocycles. The van der Waals surface area contributed by atoms with Crippen molar-refractivity contribution in [3.05, 3.63) is 12.2 Å². The molecule has 38 heavy (non-hydrogen) atoms. The van der Waals surface area contributed by atoms with Gasteiger partial charge >= 0.3 is 47.4 Å². The molecular formula is C22H28F16. The van der Waals surface area contributed by atoms with Crippen LogP contribution >= 0.6 is 0 Å². The van der Waals surface area contributed by atoms with Crippen LogP contribution in [0.25, 0.3) is 0 Å². The zero-order chi connectivity index (χ0) is 30.5. The van der Waals surface area contributed by atoms with Crippen LogP contribution in [0.1, 0.15) is 78.1 Å². The van der Waals surface area contributed by atoms with Crippen molar-refractivity contribution in [2.24, 2.45) is 0 Å². The summed E-state index contributed by atoms with van der Waals surface area (Å²) in [7, 11) is 0. The van der Waals surface area contributed by atoms with Gasteiger partial charge in [0.25, 0.3) is 0 Å². The summed E-state index contributed by atoms with van der Waals surface area (Å²) in [5.74, 6) is -60.3. The summed E-state index contributed by atoms with van der Waals surface area (Å²) in [6, 6.07) is 0. The van der Waals surface area contributed by atoms with Crippen molar-refractivity contribution >= 4 is 0 Å². The van der Waals surface area contributed by atoms with E-state index in [1.165, 1.54) is 0 Å². The molecule has 0 spiro atoms. The SMILES string of the molecule is C/C=C/CCC(F)(F)C(F)(F)C(F)(F)C(F)(F)C(F)(F)C(F)(F)C(F)(F)C(F)(F)CCCCCCCCC. The zero-order valence-electron chi connectivity index (χ0n) is 20.3. The molecule has 0 rings (SSSR count). The van der Waals surface area contributed by atoms with Crippen LogP contribution in [0.5, 0.6) is 0 Å². The van der Waals surface area contributed by atoms with E-state index in [4.69, 9.17) is 0 Å². The number of hydrogen-bond acceptors (Lipinski definition) is 0. The Hall–Kier alpha value is -1.38. The molecule has 0 N–H and O–H groups in total. The molecule has 16 heteroatoms. The fourth-order valence-electron chi connectivity index (χ4n) is 3.30. The predicted molar refractivity (Wildman–Crippen MR) is 106 cm³/mol. The van der Waals surface area contributed by atoms with Crippen molar-refractivity contribution in [1.82, 2.24) is 0 Å². The minimum absolute atomic E-state index is 0.121. The minimum atomic E-state index is -8.35. The maximum absolute atomic E-state index is 13.9. The van der Waals surface area contributed by atoms with E-state index in [2.05, 4.69) is 0 Å². The first-order chi connectivity index (χ1) is 16.9. The number of alkyl halides is 16. The van der Waals surface area contributed by atoms with E-state index in [9.17, 15) is 70.2 Å². The van der Waals surface area contributed by atoms with Gasteiger partial charge in [-0.2, -0.15) is 70.2 Å². The maximum Gasteiger partial charge on any atom is 0.384 e. The third-order valence-corrected chi connectivity index (χ3v) is 5.85. The molecule has 0 amide bonds. The molecule has 0 heterocycles. The monoisotopic (exact) mass is 596 g/mol. The molecule has 228 valence electrons. The van der Waals surface area contributed by atoms with Crippen LogP contribution in [-0.4, -0.2) is 47.4 Å². The molecule has 0 atom stereocenters. The highest BCUT2D eigenvalue weighted by Gasteiger charge is 2.94. The number of allylic oxidation sites excluding steroid dienone is 2. The summed E-state index contributed by atoms with van der Waals surface area (Å²) in [6.07, 6.45) is -2.99. The summed E-state index contributed by atoms with van der Waals surface area (Å²) >= 11 is 0. The first kappa shape index (κ1) is 36.6. The largest absolute Gasteiger partial charge is 0.384 e. The fourth-order valence-corrected chi connectivity index (χ4v) is 3.30. The van der Waals surface area contributed by atoms with Gasteiger partial charge in [0, 0.05) is 12.8 Å². The van der Waals surface area contributed by atoms with Crippen LogP contribution < -0.4 is 0 Å². The number of hydrogen-bond donors (Lipinski definition) is 0. The summed E-state index contributed by atoms with van der Waals surface area (Å²) in [6.45, 7) is 2.95. The Kier molecular flexibility index (Phi) is 12.0. The summed E-state index contributed by atoms with van der Waals surface area (Å²) < 4.78 is 221. The lowest BCUT2D eigenvalue weighted by Gasteiger charge is -2.43. The van der Waals surface area contributed by atoms with E-state index < -0.39 is 73.1 Å². The van der Waals surface area contributed by atoms with Gasteiger partial charge in [-0.25, -0.2) is 0 Å². The molecule has 0 saturated heterocycles. The van der Waals surface area contributed by atoms with Crippen molar-refractivity contribution in [2.45, 2.75) is 125 Å². The minimum Gasteiger partial charge on any atom is -0.200 e. The molecule has 0 aliphatic carbocycles. The molecule has 0 unspecified atom stereocenters. The van der Waals surface area contributed by atoms with Crippen molar-refractivity contribution in [1.29, 1.82) is 0 Å². The standard InChI is InChI=1S/C22H28F16/c1-3-5-7-8-9-10-12-14-16(25,26)18(29,30)20(33,34)22(37,38)21(35,36)19(31,32)17(27,28)15(23,24)13-11-6-4-2/h4,6H,3,5,7-14H2,1-2H3/b6-4+. The second-order valence-electron chi connectivity index (χ2n) is 8.83. The van der Waals surface area contributed by atoms with E-state index in [-0.39, 0.29) is 12.8 Å². The Labute approximate surface area is 208 Å². The predicted octanol–water partition coefficient (Wildman–Crippen LogP) is 10.6. The number of halogens is 16. The first-order valence-corrected chi connectivity index (χ1v) is 11.5. The Morgan fingerprint density at radius 2 is 0.737 bits per heavy atom. The van der Waals surface area contributed by atoms with Crippen LogP contribution in [0.2, 0.25) is 0 Å². The zero-order valence-corrected chi connectivity index (χ0v) is 20.3. The second-order valence-corrected chi connectivity index (χ2v) is 8.83. The van der Waals surface area contributed by atoms with E-state index in [1.807, 2.05) is 6.92 Å². The third-order valence-electron chi connectivity index (χ3n) is 5.85.